The maximum absolute atomic E-state index is 12.4. The van der Waals surface area contributed by atoms with Crippen LogP contribution in [0.2, 0.25) is 0 Å². The van der Waals surface area contributed by atoms with Gasteiger partial charge in [-0.2, -0.15) is 0 Å². The first-order valence-electron chi connectivity index (χ1n) is 6.43. The number of carbonyl (C=O) groups is 3. The molecule has 1 unspecified atom stereocenters. The molecule has 1 rings (SSSR count). The van der Waals surface area contributed by atoms with Crippen molar-refractivity contribution < 1.29 is 19.1 Å². The molecule has 20 heavy (non-hydrogen) atoms. The predicted octanol–water partition coefficient (Wildman–Crippen LogP) is -2.36. The van der Waals surface area contributed by atoms with E-state index in [4.69, 9.17) is 4.74 Å². The van der Waals surface area contributed by atoms with Gasteiger partial charge in [0.15, 0.2) is 0 Å². The Morgan fingerprint density at radius 2 is 2.10 bits per heavy atom. The molecule has 0 aromatic heterocycles. The molecule has 0 aromatic carbocycles. The second-order valence-electron chi connectivity index (χ2n) is 4.78. The van der Waals surface area contributed by atoms with Gasteiger partial charge in [-0.05, 0) is 0 Å². The van der Waals surface area contributed by atoms with Gasteiger partial charge in [-0.25, -0.2) is 0 Å². The summed E-state index contributed by atoms with van der Waals surface area (Å²) < 4.78 is 4.96. The summed E-state index contributed by atoms with van der Waals surface area (Å²) in [6.07, 6.45) is 0. The zero-order valence-electron chi connectivity index (χ0n) is 12.1. The Kier molecular flexibility index (Phi) is 6.40. The van der Waals surface area contributed by atoms with Crippen LogP contribution in [0.15, 0.2) is 0 Å². The summed E-state index contributed by atoms with van der Waals surface area (Å²) >= 11 is 0. The number of nitrogens with zero attached hydrogens (tertiary/aromatic N) is 2. The fraction of sp³-hybridized carbons (Fsp3) is 0.750. The summed E-state index contributed by atoms with van der Waals surface area (Å²) in [6.45, 7) is 1.03. The van der Waals surface area contributed by atoms with Crippen LogP contribution in [0.1, 0.15) is 0 Å². The second kappa shape index (κ2) is 7.81. The van der Waals surface area contributed by atoms with E-state index in [1.165, 1.54) is 16.9 Å². The fourth-order valence-electron chi connectivity index (χ4n) is 1.73. The Hall–Kier alpha value is -1.67. The average molecular weight is 286 g/mol. The number of piperazine rings is 1. The van der Waals surface area contributed by atoms with E-state index in [-0.39, 0.29) is 37.4 Å². The first kappa shape index (κ1) is 16.4. The van der Waals surface area contributed by atoms with Crippen molar-refractivity contribution in [2.24, 2.45) is 0 Å². The van der Waals surface area contributed by atoms with Crippen LogP contribution in [0.25, 0.3) is 0 Å². The standard InChI is InChI=1S/C12H22N4O4/c1-15(2)11(18)8-16(4-5-20-3)12(19)9-6-14-10(17)7-13-9/h9,13H,4-8H2,1-3H3,(H,14,17). The van der Waals surface area contributed by atoms with Crippen LogP contribution in [0.4, 0.5) is 0 Å². The van der Waals surface area contributed by atoms with E-state index in [9.17, 15) is 14.4 Å². The van der Waals surface area contributed by atoms with Crippen LogP contribution in [0, 0.1) is 0 Å². The highest BCUT2D eigenvalue weighted by Gasteiger charge is 2.29. The molecular weight excluding hydrogens is 264 g/mol. The highest BCUT2D eigenvalue weighted by atomic mass is 16.5. The van der Waals surface area contributed by atoms with Crippen molar-refractivity contribution in [1.82, 2.24) is 20.4 Å². The van der Waals surface area contributed by atoms with Crippen LogP contribution in [0.5, 0.6) is 0 Å². The van der Waals surface area contributed by atoms with Gasteiger partial charge in [0.05, 0.1) is 19.7 Å². The molecule has 114 valence electrons. The van der Waals surface area contributed by atoms with Gasteiger partial charge in [0.25, 0.3) is 0 Å². The van der Waals surface area contributed by atoms with Gasteiger partial charge in [-0.1, -0.05) is 0 Å². The van der Waals surface area contributed by atoms with Crippen LogP contribution in [-0.4, -0.2) is 87.6 Å². The molecule has 0 aromatic rings. The minimum atomic E-state index is -0.500. The van der Waals surface area contributed by atoms with E-state index in [2.05, 4.69) is 10.6 Å². The number of carbonyl (C=O) groups excluding carboxylic acids is 3. The van der Waals surface area contributed by atoms with Gasteiger partial charge in [0.2, 0.25) is 17.7 Å². The van der Waals surface area contributed by atoms with Crippen LogP contribution >= 0.6 is 0 Å². The van der Waals surface area contributed by atoms with Crippen molar-refractivity contribution in [2.75, 3.05) is 54.0 Å². The lowest BCUT2D eigenvalue weighted by molar-refractivity contribution is -0.141. The van der Waals surface area contributed by atoms with Crippen molar-refractivity contribution in [3.63, 3.8) is 0 Å². The first-order chi connectivity index (χ1) is 9.45. The molecule has 0 spiro atoms. The number of nitrogens with one attached hydrogen (secondary N) is 2. The van der Waals surface area contributed by atoms with Gasteiger partial charge in [0, 0.05) is 34.3 Å². The minimum absolute atomic E-state index is 0.00131. The van der Waals surface area contributed by atoms with E-state index in [0.717, 1.165) is 0 Å². The SMILES string of the molecule is COCCN(CC(=O)N(C)C)C(=O)C1CNC(=O)CN1. The molecule has 1 heterocycles. The van der Waals surface area contributed by atoms with Crippen molar-refractivity contribution in [3.8, 4) is 0 Å². The van der Waals surface area contributed by atoms with E-state index in [1.54, 1.807) is 14.1 Å². The lowest BCUT2D eigenvalue weighted by atomic mass is 10.2. The Morgan fingerprint density at radius 1 is 1.40 bits per heavy atom. The Balaban J connectivity index is 2.63. The molecule has 1 fully saturated rings. The molecule has 8 nitrogen and oxygen atoms in total. The molecule has 8 heteroatoms. The van der Waals surface area contributed by atoms with Crippen molar-refractivity contribution >= 4 is 17.7 Å². The number of ether oxygens (including phenoxy) is 1. The van der Waals surface area contributed by atoms with Crippen LogP contribution in [0.3, 0.4) is 0 Å². The Morgan fingerprint density at radius 3 is 2.60 bits per heavy atom. The molecule has 0 radical (unpaired) electrons. The van der Waals surface area contributed by atoms with Gasteiger partial charge < -0.3 is 19.9 Å². The lowest BCUT2D eigenvalue weighted by Crippen LogP contribution is -2.59. The van der Waals surface area contributed by atoms with Crippen LogP contribution < -0.4 is 10.6 Å². The highest BCUT2D eigenvalue weighted by Crippen LogP contribution is 1.99. The smallest absolute Gasteiger partial charge is 0.242 e. The number of hydrogen-bond donors (Lipinski definition) is 2. The van der Waals surface area contributed by atoms with Gasteiger partial charge in [-0.3, -0.25) is 19.7 Å². The van der Waals surface area contributed by atoms with Crippen LogP contribution in [-0.2, 0) is 19.1 Å². The van der Waals surface area contributed by atoms with E-state index in [0.29, 0.717) is 13.2 Å². The normalized spacial score (nSPS) is 18.4. The molecule has 1 saturated heterocycles. The molecule has 1 aliphatic rings. The molecule has 0 aliphatic carbocycles. The summed E-state index contributed by atoms with van der Waals surface area (Å²) in [4.78, 5) is 38.1. The number of amides is 3. The maximum Gasteiger partial charge on any atom is 0.242 e. The largest absolute Gasteiger partial charge is 0.383 e. The third-order valence-electron chi connectivity index (χ3n) is 3.01. The molecule has 0 saturated carbocycles. The summed E-state index contributed by atoms with van der Waals surface area (Å²) in [5.74, 6) is -0.506. The number of methoxy groups -OCH3 is 1. The van der Waals surface area contributed by atoms with Gasteiger partial charge in [0.1, 0.15) is 6.04 Å². The topological polar surface area (TPSA) is 91.0 Å². The number of likely N-dealkylation sites (N-methyl/N-ethyl adjacent to an activating group) is 1. The first-order valence-corrected chi connectivity index (χ1v) is 6.43. The Labute approximate surface area is 118 Å². The molecule has 1 aliphatic heterocycles. The van der Waals surface area contributed by atoms with E-state index in [1.807, 2.05) is 0 Å². The number of hydrogen-bond acceptors (Lipinski definition) is 5. The minimum Gasteiger partial charge on any atom is -0.383 e. The predicted molar refractivity (Wildman–Crippen MR) is 72.0 cm³/mol. The summed E-state index contributed by atoms with van der Waals surface area (Å²) in [7, 11) is 4.82. The monoisotopic (exact) mass is 286 g/mol. The zero-order valence-corrected chi connectivity index (χ0v) is 12.1. The lowest BCUT2D eigenvalue weighted by Gasteiger charge is -2.30. The van der Waals surface area contributed by atoms with Gasteiger partial charge >= 0.3 is 0 Å². The van der Waals surface area contributed by atoms with Crippen molar-refractivity contribution in [1.29, 1.82) is 0 Å². The second-order valence-corrected chi connectivity index (χ2v) is 4.78. The molecule has 2 N–H and O–H groups in total. The van der Waals surface area contributed by atoms with E-state index < -0.39 is 6.04 Å². The fourth-order valence-corrected chi connectivity index (χ4v) is 1.73. The van der Waals surface area contributed by atoms with Crippen molar-refractivity contribution in [2.45, 2.75) is 6.04 Å². The Bertz CT molecular complexity index is 362. The maximum atomic E-state index is 12.4. The third kappa shape index (κ3) is 4.78. The molecule has 1 atom stereocenters. The zero-order chi connectivity index (χ0) is 15.1. The highest BCUT2D eigenvalue weighted by molar-refractivity contribution is 5.89. The molecular formula is C12H22N4O4. The quantitative estimate of drug-likeness (QED) is 0.570. The van der Waals surface area contributed by atoms with Gasteiger partial charge in [-0.15, -0.1) is 0 Å². The third-order valence-corrected chi connectivity index (χ3v) is 3.01. The number of rotatable bonds is 6. The summed E-state index contributed by atoms with van der Waals surface area (Å²) in [6, 6.07) is -0.500. The molecule has 0 bridgehead atoms. The van der Waals surface area contributed by atoms with E-state index >= 15 is 0 Å². The molecule has 3 amide bonds. The average Bonchev–Trinajstić information content (AvgIpc) is 2.43. The summed E-state index contributed by atoms with van der Waals surface area (Å²) in [5.41, 5.74) is 0. The summed E-state index contributed by atoms with van der Waals surface area (Å²) in [5, 5.41) is 5.48. The van der Waals surface area contributed by atoms with Crippen molar-refractivity contribution in [3.05, 3.63) is 0 Å².